The predicted molar refractivity (Wildman–Crippen MR) is 138 cm³/mol. The predicted octanol–water partition coefficient (Wildman–Crippen LogP) is 7.33. The second-order valence-corrected chi connectivity index (χ2v) is 9.11. The highest BCUT2D eigenvalue weighted by Gasteiger charge is 2.19. The SMILES string of the molecule is CC(CC(=O)c1ccc2c(-c3ccccc3Cl)nn(-c3ccc(F)cc3)c2c1)Cc1ccccn1. The molecule has 35 heavy (non-hydrogen) atoms. The molecule has 1 unspecified atom stereocenters. The Morgan fingerprint density at radius 1 is 1.00 bits per heavy atom. The molecule has 2 heterocycles. The minimum absolute atomic E-state index is 0.0569. The van der Waals surface area contributed by atoms with Gasteiger partial charge in [0.05, 0.1) is 16.2 Å². The van der Waals surface area contributed by atoms with Crippen molar-refractivity contribution in [3.8, 4) is 16.9 Å². The maximum absolute atomic E-state index is 13.6. The van der Waals surface area contributed by atoms with E-state index in [0.29, 0.717) is 28.4 Å². The number of carbonyl (C=O) groups is 1. The van der Waals surface area contributed by atoms with E-state index in [1.54, 1.807) is 23.0 Å². The van der Waals surface area contributed by atoms with Crippen molar-refractivity contribution in [1.29, 1.82) is 0 Å². The number of benzene rings is 3. The topological polar surface area (TPSA) is 47.8 Å². The summed E-state index contributed by atoms with van der Waals surface area (Å²) >= 11 is 6.48. The number of ketones is 1. The zero-order chi connectivity index (χ0) is 24.4. The number of nitrogens with zero attached hydrogens (tertiary/aromatic N) is 3. The van der Waals surface area contributed by atoms with Gasteiger partial charge in [-0.1, -0.05) is 48.9 Å². The van der Waals surface area contributed by atoms with Crippen molar-refractivity contribution in [1.82, 2.24) is 14.8 Å². The fourth-order valence-electron chi connectivity index (χ4n) is 4.30. The second-order valence-electron chi connectivity index (χ2n) is 8.71. The zero-order valence-corrected chi connectivity index (χ0v) is 19.9. The van der Waals surface area contributed by atoms with Crippen LogP contribution in [0.4, 0.5) is 4.39 Å². The van der Waals surface area contributed by atoms with Crippen LogP contribution in [-0.2, 0) is 6.42 Å². The first-order valence-corrected chi connectivity index (χ1v) is 11.8. The van der Waals surface area contributed by atoms with Gasteiger partial charge in [0.1, 0.15) is 11.5 Å². The van der Waals surface area contributed by atoms with Gasteiger partial charge in [-0.3, -0.25) is 9.78 Å². The summed E-state index contributed by atoms with van der Waals surface area (Å²) in [5.74, 6) is -0.121. The van der Waals surface area contributed by atoms with E-state index >= 15 is 0 Å². The summed E-state index contributed by atoms with van der Waals surface area (Å²) in [5.41, 5.74) is 4.54. The van der Waals surface area contributed by atoms with Crippen molar-refractivity contribution in [2.24, 2.45) is 5.92 Å². The van der Waals surface area contributed by atoms with E-state index in [-0.39, 0.29) is 17.5 Å². The first-order valence-electron chi connectivity index (χ1n) is 11.5. The lowest BCUT2D eigenvalue weighted by Crippen LogP contribution is -2.09. The average molecular weight is 484 g/mol. The van der Waals surface area contributed by atoms with Gasteiger partial charge >= 0.3 is 0 Å². The number of halogens is 2. The van der Waals surface area contributed by atoms with Crippen LogP contribution in [0.3, 0.4) is 0 Å². The van der Waals surface area contributed by atoms with E-state index in [1.165, 1.54) is 12.1 Å². The van der Waals surface area contributed by atoms with E-state index in [2.05, 4.69) is 11.9 Å². The van der Waals surface area contributed by atoms with Gasteiger partial charge < -0.3 is 0 Å². The third kappa shape index (κ3) is 4.86. The number of hydrogen-bond donors (Lipinski definition) is 0. The van der Waals surface area contributed by atoms with Crippen molar-refractivity contribution in [2.45, 2.75) is 19.8 Å². The molecule has 0 saturated heterocycles. The van der Waals surface area contributed by atoms with Crippen LogP contribution < -0.4 is 0 Å². The van der Waals surface area contributed by atoms with Crippen LogP contribution in [0.5, 0.6) is 0 Å². The molecule has 0 aliphatic heterocycles. The maximum Gasteiger partial charge on any atom is 0.163 e. The molecule has 0 spiro atoms. The highest BCUT2D eigenvalue weighted by molar-refractivity contribution is 6.33. The van der Waals surface area contributed by atoms with Crippen LogP contribution in [0.2, 0.25) is 5.02 Å². The number of fused-ring (bicyclic) bond motifs is 1. The van der Waals surface area contributed by atoms with Crippen molar-refractivity contribution in [3.63, 3.8) is 0 Å². The highest BCUT2D eigenvalue weighted by Crippen LogP contribution is 2.34. The molecule has 0 bridgehead atoms. The maximum atomic E-state index is 13.6. The summed E-state index contributed by atoms with van der Waals surface area (Å²) in [7, 11) is 0. The van der Waals surface area contributed by atoms with Crippen molar-refractivity contribution >= 4 is 28.3 Å². The van der Waals surface area contributed by atoms with Crippen LogP contribution in [0.1, 0.15) is 29.4 Å². The largest absolute Gasteiger partial charge is 0.294 e. The Morgan fingerprint density at radius 2 is 1.77 bits per heavy atom. The molecule has 3 aromatic carbocycles. The molecule has 174 valence electrons. The molecule has 0 amide bonds. The third-order valence-corrected chi connectivity index (χ3v) is 6.35. The highest BCUT2D eigenvalue weighted by atomic mass is 35.5. The molecule has 0 radical (unpaired) electrons. The van der Waals surface area contributed by atoms with Gasteiger partial charge in [0, 0.05) is 34.8 Å². The van der Waals surface area contributed by atoms with Gasteiger partial charge in [-0.05, 0) is 66.9 Å². The lowest BCUT2D eigenvalue weighted by Gasteiger charge is -2.10. The summed E-state index contributed by atoms with van der Waals surface area (Å²) in [6, 6.07) is 25.1. The molecule has 6 heteroatoms. The smallest absolute Gasteiger partial charge is 0.163 e. The van der Waals surface area contributed by atoms with E-state index in [1.807, 2.05) is 60.7 Å². The quantitative estimate of drug-likeness (QED) is 0.228. The number of aromatic nitrogens is 3. The Hall–Kier alpha value is -3.83. The summed E-state index contributed by atoms with van der Waals surface area (Å²) < 4.78 is 15.3. The summed E-state index contributed by atoms with van der Waals surface area (Å²) in [6.45, 7) is 2.06. The number of hydrogen-bond acceptors (Lipinski definition) is 3. The second kappa shape index (κ2) is 9.80. The standard InChI is InChI=1S/C29H23ClFN3O/c1-19(16-22-6-4-5-15-32-22)17-28(35)20-9-14-25-27(18-20)34(23-12-10-21(31)11-13-23)33-29(25)24-7-2-3-8-26(24)30/h2-15,18-19H,16-17H2,1H3. The van der Waals surface area contributed by atoms with E-state index in [0.717, 1.165) is 28.6 Å². The number of rotatable bonds is 7. The van der Waals surface area contributed by atoms with Crippen LogP contribution in [0.15, 0.2) is 91.1 Å². The molecule has 1 atom stereocenters. The minimum atomic E-state index is -0.325. The molecule has 5 rings (SSSR count). The van der Waals surface area contributed by atoms with Crippen LogP contribution in [-0.4, -0.2) is 20.5 Å². The Balaban J connectivity index is 1.53. The van der Waals surface area contributed by atoms with Crippen molar-refractivity contribution in [3.05, 3.63) is 113 Å². The number of Topliss-reactive ketones (excluding diaryl/α,β-unsaturated/α-hetero) is 1. The average Bonchev–Trinajstić information content (AvgIpc) is 3.24. The van der Waals surface area contributed by atoms with Gasteiger partial charge in [0.2, 0.25) is 0 Å². The number of pyridine rings is 1. The minimum Gasteiger partial charge on any atom is -0.294 e. The molecular formula is C29H23ClFN3O. The third-order valence-electron chi connectivity index (χ3n) is 6.02. The molecular weight excluding hydrogens is 461 g/mol. The summed E-state index contributed by atoms with van der Waals surface area (Å²) in [4.78, 5) is 17.6. The Bertz CT molecular complexity index is 1500. The summed E-state index contributed by atoms with van der Waals surface area (Å²) in [6.07, 6.45) is 2.91. The van der Waals surface area contributed by atoms with Gasteiger partial charge in [0.15, 0.2) is 5.78 Å². The molecule has 5 aromatic rings. The first kappa shape index (κ1) is 22.9. The summed E-state index contributed by atoms with van der Waals surface area (Å²) in [5, 5.41) is 6.27. The fraction of sp³-hybridized carbons (Fsp3) is 0.138. The van der Waals surface area contributed by atoms with Crippen molar-refractivity contribution < 1.29 is 9.18 Å². The van der Waals surface area contributed by atoms with Gasteiger partial charge in [-0.2, -0.15) is 5.10 Å². The first-order chi connectivity index (χ1) is 17.0. The molecule has 2 aromatic heterocycles. The molecule has 0 aliphatic rings. The lowest BCUT2D eigenvalue weighted by atomic mass is 9.95. The normalized spacial score (nSPS) is 12.1. The van der Waals surface area contributed by atoms with Gasteiger partial charge in [-0.15, -0.1) is 0 Å². The van der Waals surface area contributed by atoms with E-state index in [4.69, 9.17) is 16.7 Å². The lowest BCUT2D eigenvalue weighted by molar-refractivity contribution is 0.0964. The van der Waals surface area contributed by atoms with Crippen molar-refractivity contribution in [2.75, 3.05) is 0 Å². The van der Waals surface area contributed by atoms with E-state index < -0.39 is 0 Å². The molecule has 0 saturated carbocycles. The van der Waals surface area contributed by atoms with Gasteiger partial charge in [0.25, 0.3) is 0 Å². The van der Waals surface area contributed by atoms with Crippen LogP contribution in [0, 0.1) is 11.7 Å². The fourth-order valence-corrected chi connectivity index (χ4v) is 4.53. The Labute approximate surface area is 208 Å². The molecule has 0 N–H and O–H groups in total. The molecule has 4 nitrogen and oxygen atoms in total. The van der Waals surface area contributed by atoms with E-state index in [9.17, 15) is 9.18 Å². The Kier molecular flexibility index (Phi) is 6.43. The Morgan fingerprint density at radius 3 is 2.51 bits per heavy atom. The molecule has 0 aliphatic carbocycles. The monoisotopic (exact) mass is 483 g/mol. The van der Waals surface area contributed by atoms with Gasteiger partial charge in [-0.25, -0.2) is 9.07 Å². The van der Waals surface area contributed by atoms with Crippen LogP contribution >= 0.6 is 11.6 Å². The molecule has 0 fully saturated rings. The number of carbonyl (C=O) groups excluding carboxylic acids is 1. The van der Waals surface area contributed by atoms with Crippen LogP contribution in [0.25, 0.3) is 27.8 Å². The zero-order valence-electron chi connectivity index (χ0n) is 19.2.